The lowest BCUT2D eigenvalue weighted by atomic mass is 9.78. The number of rotatable bonds is 11. The maximum Gasteiger partial charge on any atom is 0.488 e. The van der Waals surface area contributed by atoms with Crippen LogP contribution in [0, 0.1) is 0 Å². The van der Waals surface area contributed by atoms with Gasteiger partial charge in [0.2, 0.25) is 0 Å². The maximum atomic E-state index is 10.3. The third-order valence-electron chi connectivity index (χ3n) is 6.98. The minimum atomic E-state index is -1.59. The second-order valence-electron chi connectivity index (χ2n) is 9.96. The van der Waals surface area contributed by atoms with E-state index < -0.39 is 7.12 Å². The van der Waals surface area contributed by atoms with E-state index in [9.17, 15) is 10.0 Å². The molecular weight excluding hydrogens is 479 g/mol. The van der Waals surface area contributed by atoms with Crippen LogP contribution in [0.4, 0.5) is 5.82 Å². The summed E-state index contributed by atoms with van der Waals surface area (Å²) < 4.78 is 0. The summed E-state index contributed by atoms with van der Waals surface area (Å²) in [7, 11) is -1.59. The van der Waals surface area contributed by atoms with Crippen molar-refractivity contribution in [2.45, 2.75) is 31.8 Å². The zero-order chi connectivity index (χ0) is 26.9. The maximum absolute atomic E-state index is 10.3. The molecule has 5 rings (SSSR count). The Bertz CT molecular complexity index is 1240. The van der Waals surface area contributed by atoms with Crippen LogP contribution < -0.4 is 10.4 Å². The number of pyridine rings is 1. The van der Waals surface area contributed by atoms with Gasteiger partial charge in [-0.3, -0.25) is 0 Å². The highest BCUT2D eigenvalue weighted by Crippen LogP contribution is 2.27. The van der Waals surface area contributed by atoms with Crippen LogP contribution in [0.25, 0.3) is 0 Å². The number of nitrogens with zero attached hydrogens (tertiary/aromatic N) is 2. The predicted molar refractivity (Wildman–Crippen MR) is 160 cm³/mol. The Balaban J connectivity index is 1.56. The average Bonchev–Trinajstić information content (AvgIpc) is 2.98. The van der Waals surface area contributed by atoms with Gasteiger partial charge in [0.05, 0.1) is 0 Å². The first-order chi connectivity index (χ1) is 19.1. The van der Waals surface area contributed by atoms with Crippen molar-refractivity contribution in [2.75, 3.05) is 4.90 Å². The topological polar surface area (TPSA) is 56.6 Å². The lowest BCUT2D eigenvalue weighted by molar-refractivity contribution is 0.425. The van der Waals surface area contributed by atoms with Crippen LogP contribution in [-0.4, -0.2) is 22.2 Å². The van der Waals surface area contributed by atoms with Crippen molar-refractivity contribution in [1.29, 1.82) is 0 Å². The number of aromatic nitrogens is 1. The van der Waals surface area contributed by atoms with Crippen molar-refractivity contribution in [2.24, 2.45) is 0 Å². The SMILES string of the molecule is OB(O)c1cc(C(Cc2ccccc2)Cc2ccccc2)nc(N(Cc2ccccc2)Cc2ccccc2)c1. The van der Waals surface area contributed by atoms with Gasteiger partial charge in [0.25, 0.3) is 0 Å². The fraction of sp³-hybridized carbons (Fsp3) is 0.147. The lowest BCUT2D eigenvalue weighted by Gasteiger charge is -2.27. The number of benzene rings is 4. The van der Waals surface area contributed by atoms with Gasteiger partial charge in [0, 0.05) is 24.7 Å². The second-order valence-corrected chi connectivity index (χ2v) is 9.96. The van der Waals surface area contributed by atoms with E-state index in [-0.39, 0.29) is 5.92 Å². The summed E-state index contributed by atoms with van der Waals surface area (Å²) in [5, 5.41) is 20.6. The molecule has 4 nitrogen and oxygen atoms in total. The monoisotopic (exact) mass is 512 g/mol. The molecule has 39 heavy (non-hydrogen) atoms. The summed E-state index contributed by atoms with van der Waals surface area (Å²) in [5.74, 6) is 0.789. The van der Waals surface area contributed by atoms with E-state index in [1.807, 2.05) is 60.7 Å². The molecule has 0 atom stereocenters. The smallest absolute Gasteiger partial charge is 0.423 e. The highest BCUT2D eigenvalue weighted by molar-refractivity contribution is 6.58. The number of hydrogen-bond acceptors (Lipinski definition) is 4. The van der Waals surface area contributed by atoms with E-state index in [2.05, 4.69) is 77.7 Å². The Morgan fingerprint density at radius 2 is 0.974 bits per heavy atom. The van der Waals surface area contributed by atoms with Crippen LogP contribution in [0.5, 0.6) is 0 Å². The van der Waals surface area contributed by atoms with Gasteiger partial charge in [-0.15, -0.1) is 0 Å². The third-order valence-corrected chi connectivity index (χ3v) is 6.98. The molecule has 0 fully saturated rings. The molecule has 0 saturated carbocycles. The van der Waals surface area contributed by atoms with E-state index in [0.717, 1.165) is 35.5 Å². The van der Waals surface area contributed by atoms with Crippen LogP contribution in [0.3, 0.4) is 0 Å². The van der Waals surface area contributed by atoms with Gasteiger partial charge >= 0.3 is 7.12 Å². The van der Waals surface area contributed by atoms with Gasteiger partial charge in [-0.05, 0) is 52.7 Å². The average molecular weight is 512 g/mol. The molecule has 5 heteroatoms. The van der Waals surface area contributed by atoms with Gasteiger partial charge in [-0.1, -0.05) is 121 Å². The first-order valence-corrected chi connectivity index (χ1v) is 13.4. The highest BCUT2D eigenvalue weighted by atomic mass is 16.4. The summed E-state index contributed by atoms with van der Waals surface area (Å²) in [6.45, 7) is 1.30. The normalized spacial score (nSPS) is 10.9. The van der Waals surface area contributed by atoms with Gasteiger partial charge in [-0.25, -0.2) is 4.98 Å². The quantitative estimate of drug-likeness (QED) is 0.228. The fourth-order valence-corrected chi connectivity index (χ4v) is 4.98. The van der Waals surface area contributed by atoms with Crippen LogP contribution in [0.2, 0.25) is 0 Å². The van der Waals surface area contributed by atoms with Crippen molar-refractivity contribution in [3.05, 3.63) is 161 Å². The summed E-state index contributed by atoms with van der Waals surface area (Å²) >= 11 is 0. The molecule has 4 aromatic carbocycles. The molecule has 0 unspecified atom stereocenters. The van der Waals surface area contributed by atoms with Crippen LogP contribution >= 0.6 is 0 Å². The predicted octanol–water partition coefficient (Wildman–Crippen LogP) is 5.54. The van der Waals surface area contributed by atoms with Crippen molar-refractivity contribution < 1.29 is 10.0 Å². The first kappa shape index (κ1) is 26.4. The van der Waals surface area contributed by atoms with Crippen molar-refractivity contribution in [3.8, 4) is 0 Å². The molecule has 0 aliphatic heterocycles. The first-order valence-electron chi connectivity index (χ1n) is 13.4. The van der Waals surface area contributed by atoms with Crippen molar-refractivity contribution in [3.63, 3.8) is 0 Å². The largest absolute Gasteiger partial charge is 0.488 e. The second kappa shape index (κ2) is 13.1. The van der Waals surface area contributed by atoms with Gasteiger partial charge in [-0.2, -0.15) is 0 Å². The standard InChI is InChI=1S/C34H33BN2O2/c38-35(39)32-23-33(31(21-27-13-5-1-6-14-27)22-28-15-7-2-8-16-28)36-34(24-32)37(25-29-17-9-3-10-18-29)26-30-19-11-4-12-20-30/h1-20,23-24,31,38-39H,21-22,25-26H2. The summed E-state index contributed by atoms with van der Waals surface area (Å²) in [6.07, 6.45) is 1.59. The van der Waals surface area contributed by atoms with Crippen LogP contribution in [-0.2, 0) is 25.9 Å². The Morgan fingerprint density at radius 1 is 0.564 bits per heavy atom. The zero-order valence-corrected chi connectivity index (χ0v) is 22.0. The van der Waals surface area contributed by atoms with Crippen LogP contribution in [0.1, 0.15) is 33.9 Å². The molecule has 1 heterocycles. The number of hydrogen-bond donors (Lipinski definition) is 2. The Labute approximate surface area is 231 Å². The zero-order valence-electron chi connectivity index (χ0n) is 22.0. The van der Waals surface area contributed by atoms with Crippen molar-refractivity contribution in [1.82, 2.24) is 4.98 Å². The molecule has 0 spiro atoms. The fourth-order valence-electron chi connectivity index (χ4n) is 4.98. The molecule has 0 bridgehead atoms. The van der Waals surface area contributed by atoms with Crippen LogP contribution in [0.15, 0.2) is 133 Å². The van der Waals surface area contributed by atoms with Gasteiger partial charge in [0.1, 0.15) is 5.82 Å². The Morgan fingerprint density at radius 3 is 1.38 bits per heavy atom. The third kappa shape index (κ3) is 7.44. The molecule has 0 aliphatic carbocycles. The van der Waals surface area contributed by atoms with Gasteiger partial charge in [0.15, 0.2) is 0 Å². The van der Waals surface area contributed by atoms with E-state index >= 15 is 0 Å². The molecule has 194 valence electrons. The van der Waals surface area contributed by atoms with Crippen molar-refractivity contribution >= 4 is 18.4 Å². The summed E-state index contributed by atoms with van der Waals surface area (Å²) in [6, 6.07) is 45.1. The molecule has 0 radical (unpaired) electrons. The highest BCUT2D eigenvalue weighted by Gasteiger charge is 2.22. The minimum absolute atomic E-state index is 0.0579. The van der Waals surface area contributed by atoms with Gasteiger partial charge < -0.3 is 14.9 Å². The minimum Gasteiger partial charge on any atom is -0.423 e. The molecular formula is C34H33BN2O2. The van der Waals surface area contributed by atoms with E-state index in [4.69, 9.17) is 4.98 Å². The molecule has 0 amide bonds. The Kier molecular flexibility index (Phi) is 8.84. The molecule has 5 aromatic rings. The number of anilines is 1. The molecule has 0 saturated heterocycles. The lowest BCUT2D eigenvalue weighted by Crippen LogP contribution is -2.33. The molecule has 0 aliphatic rings. The van der Waals surface area contributed by atoms with E-state index in [1.165, 1.54) is 11.1 Å². The van der Waals surface area contributed by atoms with E-state index in [1.54, 1.807) is 0 Å². The Hall–Kier alpha value is -4.19. The van der Waals surface area contributed by atoms with E-state index in [0.29, 0.717) is 18.6 Å². The molecule has 2 N–H and O–H groups in total. The summed E-state index contributed by atoms with van der Waals surface area (Å²) in [4.78, 5) is 7.42. The summed E-state index contributed by atoms with van der Waals surface area (Å²) in [5.41, 5.74) is 6.08. The molecule has 1 aromatic heterocycles.